The van der Waals surface area contributed by atoms with Crippen LogP contribution in [0.4, 0.5) is 0 Å². The number of allylic oxidation sites excluding steroid dienone is 8. The highest BCUT2D eigenvalue weighted by Crippen LogP contribution is 2.27. The van der Waals surface area contributed by atoms with E-state index in [4.69, 9.17) is 23.7 Å². The summed E-state index contributed by atoms with van der Waals surface area (Å²) in [6, 6.07) is 0. The third-order valence-corrected chi connectivity index (χ3v) is 14.4. The zero-order chi connectivity index (χ0) is 56.1. The Kier molecular flexibility index (Phi) is 49.7. The van der Waals surface area contributed by atoms with Crippen molar-refractivity contribution in [3.8, 4) is 0 Å². The van der Waals surface area contributed by atoms with Gasteiger partial charge in [-0.1, -0.05) is 243 Å². The summed E-state index contributed by atoms with van der Waals surface area (Å²) in [7, 11) is 0. The molecule has 0 amide bonds. The first-order valence-corrected chi connectivity index (χ1v) is 31.6. The molecule has 0 aromatic rings. The van der Waals surface area contributed by atoms with Gasteiger partial charge in [-0.15, -0.1) is 0 Å². The molecule has 1 fully saturated rings. The van der Waals surface area contributed by atoms with Gasteiger partial charge in [0, 0.05) is 19.3 Å². The van der Waals surface area contributed by atoms with Crippen molar-refractivity contribution in [1.29, 1.82) is 0 Å². The molecule has 6 unspecified atom stereocenters. The maximum absolute atomic E-state index is 13.2. The summed E-state index contributed by atoms with van der Waals surface area (Å²) in [5.74, 6) is -3.12. The largest absolute Gasteiger partial charge is 0.479 e. The lowest BCUT2D eigenvalue weighted by molar-refractivity contribution is -0.301. The Hall–Kier alpha value is -3.32. The van der Waals surface area contributed by atoms with Gasteiger partial charge in [-0.2, -0.15) is 0 Å². The normalized spacial score (nSPS) is 18.3. The van der Waals surface area contributed by atoms with Crippen LogP contribution in [0.25, 0.3) is 0 Å². The Balaban J connectivity index is 2.67. The fourth-order valence-electron chi connectivity index (χ4n) is 9.56. The number of carboxylic acids is 1. The minimum atomic E-state index is -1.91. The fraction of sp³-hybridized carbons (Fsp3) is 0.815. The SMILES string of the molecule is CC/C=C\C/C=C\C/C=C\CCCCCCCCCC(=O)OC1C(OCC(COC(=O)CCCCCCC/C=C\CCCCCCCC)OC(=O)CCCCCCCCCCCCCCCCC)OC(C(=O)O)C(O)C1O. The average molecular weight is 1090 g/mol. The lowest BCUT2D eigenvalue weighted by atomic mass is 9.98. The van der Waals surface area contributed by atoms with Crippen LogP contribution in [0.2, 0.25) is 0 Å². The van der Waals surface area contributed by atoms with Crippen molar-refractivity contribution in [1.82, 2.24) is 0 Å². The summed E-state index contributed by atoms with van der Waals surface area (Å²) in [5, 5.41) is 31.5. The molecule has 77 heavy (non-hydrogen) atoms. The summed E-state index contributed by atoms with van der Waals surface area (Å²) < 4.78 is 28.5. The van der Waals surface area contributed by atoms with Crippen LogP contribution in [0.15, 0.2) is 48.6 Å². The Bertz CT molecular complexity index is 1520. The average Bonchev–Trinajstić information content (AvgIpc) is 3.43. The second kappa shape index (κ2) is 53.3. The number of carboxylic acid groups (broad SMARTS) is 1. The minimum absolute atomic E-state index is 0.0503. The van der Waals surface area contributed by atoms with Crippen LogP contribution in [0.3, 0.4) is 0 Å². The van der Waals surface area contributed by atoms with Crippen LogP contribution in [0.1, 0.15) is 290 Å². The van der Waals surface area contributed by atoms with Crippen LogP contribution in [0, 0.1) is 0 Å². The Morgan fingerprint density at radius 1 is 0.442 bits per heavy atom. The molecule has 1 saturated heterocycles. The van der Waals surface area contributed by atoms with Gasteiger partial charge in [-0.25, -0.2) is 4.79 Å². The van der Waals surface area contributed by atoms with Crippen LogP contribution < -0.4 is 0 Å². The monoisotopic (exact) mass is 1090 g/mol. The van der Waals surface area contributed by atoms with E-state index in [2.05, 4.69) is 69.4 Å². The van der Waals surface area contributed by atoms with Gasteiger partial charge in [-0.05, 0) is 77.0 Å². The molecule has 6 atom stereocenters. The number of unbranched alkanes of at least 4 members (excludes halogenated alkanes) is 32. The fourth-order valence-corrected chi connectivity index (χ4v) is 9.56. The number of esters is 3. The van der Waals surface area contributed by atoms with E-state index in [1.807, 2.05) is 0 Å². The van der Waals surface area contributed by atoms with Crippen molar-refractivity contribution >= 4 is 23.9 Å². The second-order valence-corrected chi connectivity index (χ2v) is 21.7. The molecule has 0 radical (unpaired) electrons. The van der Waals surface area contributed by atoms with Gasteiger partial charge in [0.25, 0.3) is 0 Å². The number of aliphatic hydroxyl groups is 2. The van der Waals surface area contributed by atoms with E-state index < -0.39 is 67.3 Å². The van der Waals surface area contributed by atoms with Gasteiger partial charge in [0.1, 0.15) is 18.8 Å². The van der Waals surface area contributed by atoms with Crippen molar-refractivity contribution in [3.63, 3.8) is 0 Å². The molecule has 1 rings (SSSR count). The molecule has 446 valence electrons. The van der Waals surface area contributed by atoms with E-state index in [1.54, 1.807) is 0 Å². The third kappa shape index (κ3) is 43.2. The molecular formula is C65H114O12. The second-order valence-electron chi connectivity index (χ2n) is 21.7. The smallest absolute Gasteiger partial charge is 0.335 e. The molecule has 0 spiro atoms. The molecule has 0 saturated carbocycles. The van der Waals surface area contributed by atoms with Crippen LogP contribution in [0.5, 0.6) is 0 Å². The highest BCUT2D eigenvalue weighted by Gasteiger charge is 2.50. The van der Waals surface area contributed by atoms with Gasteiger partial charge >= 0.3 is 23.9 Å². The van der Waals surface area contributed by atoms with Gasteiger partial charge in [0.15, 0.2) is 24.6 Å². The molecular weight excluding hydrogens is 973 g/mol. The van der Waals surface area contributed by atoms with Crippen molar-refractivity contribution in [2.45, 2.75) is 327 Å². The first kappa shape index (κ1) is 71.7. The lowest BCUT2D eigenvalue weighted by Crippen LogP contribution is -2.61. The number of hydrogen-bond donors (Lipinski definition) is 3. The van der Waals surface area contributed by atoms with Crippen LogP contribution in [-0.4, -0.2) is 89.2 Å². The van der Waals surface area contributed by atoms with Gasteiger partial charge in [-0.3, -0.25) is 14.4 Å². The zero-order valence-electron chi connectivity index (χ0n) is 49.2. The molecule has 0 aromatic heterocycles. The summed E-state index contributed by atoms with van der Waals surface area (Å²) in [5.41, 5.74) is 0. The predicted octanol–water partition coefficient (Wildman–Crippen LogP) is 16.6. The molecule has 3 N–H and O–H groups in total. The number of aliphatic carboxylic acids is 1. The number of aliphatic hydroxyl groups excluding tert-OH is 2. The summed E-state index contributed by atoms with van der Waals surface area (Å²) in [4.78, 5) is 51.2. The highest BCUT2D eigenvalue weighted by molar-refractivity contribution is 5.74. The maximum Gasteiger partial charge on any atom is 0.335 e. The topological polar surface area (TPSA) is 175 Å². The van der Waals surface area contributed by atoms with E-state index in [1.165, 1.54) is 109 Å². The van der Waals surface area contributed by atoms with Crippen LogP contribution >= 0.6 is 0 Å². The molecule has 1 heterocycles. The van der Waals surface area contributed by atoms with Crippen molar-refractivity contribution in [2.24, 2.45) is 0 Å². The van der Waals surface area contributed by atoms with Gasteiger partial charge < -0.3 is 39.0 Å². The third-order valence-electron chi connectivity index (χ3n) is 14.4. The molecule has 0 bridgehead atoms. The lowest BCUT2D eigenvalue weighted by Gasteiger charge is -2.40. The van der Waals surface area contributed by atoms with Crippen LogP contribution in [-0.2, 0) is 42.9 Å². The number of hydrogen-bond acceptors (Lipinski definition) is 11. The van der Waals surface area contributed by atoms with Crippen molar-refractivity contribution in [2.75, 3.05) is 13.2 Å². The Morgan fingerprint density at radius 2 is 0.818 bits per heavy atom. The number of ether oxygens (including phenoxy) is 5. The zero-order valence-corrected chi connectivity index (χ0v) is 49.2. The standard InChI is InChI=1S/C65H114O12/c1-4-7-10-13-16-19-22-25-28-29-32-35-38-41-44-47-50-53-59(68)76-63-61(70)60(69)62(64(71)72)77-65(63)74-55-56(75-58(67)52-49-46-43-40-37-34-31-27-24-21-18-15-12-9-6-3)54-73-57(66)51-48-45-42-39-36-33-30-26-23-20-17-14-11-8-5-2/h7,10,16,19,25-26,28,30,56,60-63,65,69-70H,4-6,8-9,11-15,17-18,20-24,27,29,31-55H2,1-3H3,(H,71,72)/b10-7-,19-16-,28-25-,30-26-. The first-order valence-electron chi connectivity index (χ1n) is 31.6. The quantitative estimate of drug-likeness (QED) is 0.0228. The number of rotatable bonds is 54. The van der Waals surface area contributed by atoms with Gasteiger partial charge in [0.05, 0.1) is 6.61 Å². The highest BCUT2D eigenvalue weighted by atomic mass is 16.7. The molecule has 12 heteroatoms. The Labute approximate surface area is 469 Å². The van der Waals surface area contributed by atoms with E-state index in [0.717, 1.165) is 122 Å². The van der Waals surface area contributed by atoms with E-state index in [0.29, 0.717) is 19.3 Å². The molecule has 1 aliphatic heterocycles. The summed E-state index contributed by atoms with van der Waals surface area (Å²) >= 11 is 0. The maximum atomic E-state index is 13.2. The van der Waals surface area contributed by atoms with E-state index in [9.17, 15) is 34.5 Å². The van der Waals surface area contributed by atoms with E-state index in [-0.39, 0.29) is 25.9 Å². The van der Waals surface area contributed by atoms with Crippen molar-refractivity contribution < 1.29 is 58.2 Å². The number of carbonyl (C=O) groups is 4. The minimum Gasteiger partial charge on any atom is -0.479 e. The van der Waals surface area contributed by atoms with Gasteiger partial charge in [0.2, 0.25) is 0 Å². The predicted molar refractivity (Wildman–Crippen MR) is 312 cm³/mol. The molecule has 1 aliphatic rings. The van der Waals surface area contributed by atoms with Crippen molar-refractivity contribution in [3.05, 3.63) is 48.6 Å². The number of carbonyl (C=O) groups excluding carboxylic acids is 3. The summed E-state index contributed by atoms with van der Waals surface area (Å²) in [6.45, 7) is 5.90. The molecule has 12 nitrogen and oxygen atoms in total. The molecule has 0 aliphatic carbocycles. The molecule has 0 aromatic carbocycles. The first-order chi connectivity index (χ1) is 37.6. The van der Waals surface area contributed by atoms with E-state index >= 15 is 0 Å². The summed E-state index contributed by atoms with van der Waals surface area (Å²) in [6.07, 6.45) is 52.1. The Morgan fingerprint density at radius 3 is 1.26 bits per heavy atom.